The van der Waals surface area contributed by atoms with E-state index in [2.05, 4.69) is 22.1 Å². The standard InChI is InChI=1S/C21H26N4O3S/c1-13-19(14-2-4-24(13)5-3-14)23-20(26)17-10-15-16(12-28-18(15)11-22-17)21(27)25-6-8-29-9-7-25/h10-14,19H,2-9H2,1H3,(H,23,26)/t13-,19-/m0/s1. The van der Waals surface area contributed by atoms with Gasteiger partial charge in [0.25, 0.3) is 11.8 Å². The second-order valence-corrected chi connectivity index (χ2v) is 9.46. The molecule has 4 aliphatic heterocycles. The van der Waals surface area contributed by atoms with Crippen molar-refractivity contribution in [3.8, 4) is 0 Å². The van der Waals surface area contributed by atoms with Crippen LogP contribution >= 0.6 is 11.8 Å². The van der Waals surface area contributed by atoms with Crippen molar-refractivity contribution in [2.45, 2.75) is 31.8 Å². The number of hydrogen-bond acceptors (Lipinski definition) is 6. The molecule has 0 aliphatic carbocycles. The van der Waals surface area contributed by atoms with E-state index in [1.807, 2.05) is 16.7 Å². The molecule has 4 saturated heterocycles. The number of nitrogens with one attached hydrogen (secondary N) is 1. The van der Waals surface area contributed by atoms with Crippen LogP contribution in [0.15, 0.2) is 22.9 Å². The van der Waals surface area contributed by atoms with Crippen molar-refractivity contribution >= 4 is 34.5 Å². The molecule has 4 aliphatic rings. The predicted molar refractivity (Wildman–Crippen MR) is 112 cm³/mol. The molecule has 0 unspecified atom stereocenters. The Kier molecular flexibility index (Phi) is 4.99. The quantitative estimate of drug-likeness (QED) is 0.830. The normalized spacial score (nSPS) is 29.2. The second-order valence-electron chi connectivity index (χ2n) is 8.23. The lowest BCUT2D eigenvalue weighted by atomic mass is 9.79. The molecule has 2 aromatic rings. The Morgan fingerprint density at radius 2 is 1.97 bits per heavy atom. The van der Waals surface area contributed by atoms with Crippen molar-refractivity contribution in [2.75, 3.05) is 37.7 Å². The SMILES string of the molecule is C[C@H]1[C@H](NC(=O)c2cc3c(C(=O)N4CCSCC4)coc3cn2)C2CCN1CC2. The van der Waals surface area contributed by atoms with E-state index in [1.54, 1.807) is 12.3 Å². The van der Waals surface area contributed by atoms with Crippen LogP contribution < -0.4 is 5.32 Å². The van der Waals surface area contributed by atoms with Gasteiger partial charge in [0, 0.05) is 42.1 Å². The van der Waals surface area contributed by atoms with E-state index < -0.39 is 0 Å². The number of nitrogens with zero attached hydrogens (tertiary/aromatic N) is 3. The van der Waals surface area contributed by atoms with Crippen LogP contribution in [0.5, 0.6) is 0 Å². The van der Waals surface area contributed by atoms with Crippen molar-refractivity contribution in [2.24, 2.45) is 5.92 Å². The number of pyridine rings is 1. The maximum atomic E-state index is 13.0. The Morgan fingerprint density at radius 1 is 1.21 bits per heavy atom. The fourth-order valence-electron chi connectivity index (χ4n) is 4.93. The van der Waals surface area contributed by atoms with Crippen molar-refractivity contribution in [3.63, 3.8) is 0 Å². The summed E-state index contributed by atoms with van der Waals surface area (Å²) in [6, 6.07) is 2.20. The highest BCUT2D eigenvalue weighted by molar-refractivity contribution is 7.99. The van der Waals surface area contributed by atoms with Gasteiger partial charge in [-0.25, -0.2) is 4.98 Å². The van der Waals surface area contributed by atoms with Crippen LogP contribution in [0, 0.1) is 5.92 Å². The summed E-state index contributed by atoms with van der Waals surface area (Å²) in [4.78, 5) is 34.5. The fourth-order valence-corrected chi connectivity index (χ4v) is 5.83. The van der Waals surface area contributed by atoms with Gasteiger partial charge in [-0.2, -0.15) is 11.8 Å². The van der Waals surface area contributed by atoms with E-state index in [4.69, 9.17) is 4.42 Å². The maximum Gasteiger partial charge on any atom is 0.270 e. The van der Waals surface area contributed by atoms with E-state index in [-0.39, 0.29) is 17.9 Å². The minimum absolute atomic E-state index is 0.0346. The molecule has 6 rings (SSSR count). The molecule has 2 aromatic heterocycles. The monoisotopic (exact) mass is 414 g/mol. The van der Waals surface area contributed by atoms with Crippen molar-refractivity contribution < 1.29 is 14.0 Å². The summed E-state index contributed by atoms with van der Waals surface area (Å²) in [7, 11) is 0. The fraction of sp³-hybridized carbons (Fsp3) is 0.571. The molecule has 29 heavy (non-hydrogen) atoms. The van der Waals surface area contributed by atoms with Crippen LogP contribution in [-0.4, -0.2) is 76.4 Å². The first kappa shape index (κ1) is 18.9. The molecule has 0 spiro atoms. The highest BCUT2D eigenvalue weighted by Gasteiger charge is 2.40. The van der Waals surface area contributed by atoms with Gasteiger partial charge in [-0.3, -0.25) is 14.5 Å². The Labute approximate surface area is 174 Å². The van der Waals surface area contributed by atoms with Gasteiger partial charge in [-0.1, -0.05) is 0 Å². The molecular weight excluding hydrogens is 388 g/mol. The molecular formula is C21H26N4O3S. The topological polar surface area (TPSA) is 78.7 Å². The number of amides is 2. The zero-order valence-corrected chi connectivity index (χ0v) is 17.4. The van der Waals surface area contributed by atoms with Gasteiger partial charge in [0.1, 0.15) is 12.0 Å². The Morgan fingerprint density at radius 3 is 2.69 bits per heavy atom. The molecule has 0 aromatic carbocycles. The van der Waals surface area contributed by atoms with E-state index in [0.717, 1.165) is 50.5 Å². The average Bonchev–Trinajstić information content (AvgIpc) is 3.20. The molecule has 4 fully saturated rings. The molecule has 8 heteroatoms. The number of thioether (sulfide) groups is 1. The van der Waals surface area contributed by atoms with Gasteiger partial charge < -0.3 is 14.6 Å². The molecule has 2 bridgehead atoms. The van der Waals surface area contributed by atoms with E-state index in [0.29, 0.717) is 34.2 Å². The van der Waals surface area contributed by atoms with Crippen LogP contribution in [-0.2, 0) is 0 Å². The molecule has 1 N–H and O–H groups in total. The highest BCUT2D eigenvalue weighted by atomic mass is 32.2. The third-order valence-electron chi connectivity index (χ3n) is 6.70. The Hall–Kier alpha value is -2.06. The van der Waals surface area contributed by atoms with Gasteiger partial charge in [0.05, 0.1) is 11.8 Å². The molecule has 6 heterocycles. The summed E-state index contributed by atoms with van der Waals surface area (Å²) in [5.41, 5.74) is 1.39. The minimum atomic E-state index is -0.175. The average molecular weight is 415 g/mol. The number of carbonyl (C=O) groups is 2. The Bertz CT molecular complexity index is 929. The molecule has 2 atom stereocenters. The van der Waals surface area contributed by atoms with Crippen LogP contribution in [0.1, 0.15) is 40.6 Å². The van der Waals surface area contributed by atoms with Crippen LogP contribution in [0.25, 0.3) is 11.0 Å². The van der Waals surface area contributed by atoms with Crippen LogP contribution in [0.2, 0.25) is 0 Å². The minimum Gasteiger partial charge on any atom is -0.462 e. The summed E-state index contributed by atoms with van der Waals surface area (Å²) in [5.74, 6) is 2.23. The van der Waals surface area contributed by atoms with Gasteiger partial charge in [0.15, 0.2) is 5.58 Å². The Balaban J connectivity index is 1.38. The number of hydrogen-bond donors (Lipinski definition) is 1. The van der Waals surface area contributed by atoms with Gasteiger partial charge in [0.2, 0.25) is 0 Å². The predicted octanol–water partition coefficient (Wildman–Crippen LogP) is 2.23. The number of rotatable bonds is 3. The number of carbonyl (C=O) groups excluding carboxylic acids is 2. The third kappa shape index (κ3) is 3.42. The zero-order chi connectivity index (χ0) is 20.0. The number of furan rings is 1. The smallest absolute Gasteiger partial charge is 0.270 e. The van der Waals surface area contributed by atoms with Crippen molar-refractivity contribution in [1.29, 1.82) is 0 Å². The van der Waals surface area contributed by atoms with Crippen molar-refractivity contribution in [3.05, 3.63) is 29.8 Å². The summed E-state index contributed by atoms with van der Waals surface area (Å²) in [5, 5.41) is 3.88. The number of fused-ring (bicyclic) bond motifs is 4. The molecule has 7 nitrogen and oxygen atoms in total. The largest absolute Gasteiger partial charge is 0.462 e. The number of aromatic nitrogens is 1. The first-order chi connectivity index (χ1) is 14.1. The lowest BCUT2D eigenvalue weighted by Gasteiger charge is -2.49. The lowest BCUT2D eigenvalue weighted by Crippen LogP contribution is -2.62. The first-order valence-corrected chi connectivity index (χ1v) is 11.6. The zero-order valence-electron chi connectivity index (χ0n) is 16.6. The van der Waals surface area contributed by atoms with E-state index in [1.165, 1.54) is 6.26 Å². The van der Waals surface area contributed by atoms with Gasteiger partial charge >= 0.3 is 0 Å². The first-order valence-electron chi connectivity index (χ1n) is 10.4. The van der Waals surface area contributed by atoms with E-state index in [9.17, 15) is 9.59 Å². The molecule has 154 valence electrons. The molecule has 2 amide bonds. The summed E-state index contributed by atoms with van der Waals surface area (Å²) in [6.07, 6.45) is 5.31. The number of piperidine rings is 3. The second kappa shape index (κ2) is 7.65. The van der Waals surface area contributed by atoms with Gasteiger partial charge in [-0.15, -0.1) is 0 Å². The lowest BCUT2D eigenvalue weighted by molar-refractivity contribution is 0.0216. The third-order valence-corrected chi connectivity index (χ3v) is 7.64. The van der Waals surface area contributed by atoms with Crippen LogP contribution in [0.4, 0.5) is 0 Å². The molecule has 0 radical (unpaired) electrons. The van der Waals surface area contributed by atoms with E-state index >= 15 is 0 Å². The summed E-state index contributed by atoms with van der Waals surface area (Å²) in [6.45, 7) is 5.92. The summed E-state index contributed by atoms with van der Waals surface area (Å²) < 4.78 is 5.55. The summed E-state index contributed by atoms with van der Waals surface area (Å²) >= 11 is 1.86. The van der Waals surface area contributed by atoms with Gasteiger partial charge in [-0.05, 0) is 44.8 Å². The molecule has 0 saturated carbocycles. The maximum absolute atomic E-state index is 13.0. The van der Waals surface area contributed by atoms with Crippen molar-refractivity contribution in [1.82, 2.24) is 20.1 Å². The van der Waals surface area contributed by atoms with Crippen LogP contribution in [0.3, 0.4) is 0 Å². The highest BCUT2D eigenvalue weighted by Crippen LogP contribution is 2.32.